The number of benzene rings is 4. The van der Waals surface area contributed by atoms with Crippen LogP contribution in [0.1, 0.15) is 41.0 Å². The number of hydrogen-bond acceptors (Lipinski definition) is 7. The van der Waals surface area contributed by atoms with E-state index in [1.54, 1.807) is 24.3 Å². The van der Waals surface area contributed by atoms with E-state index in [2.05, 4.69) is 5.43 Å². The Labute approximate surface area is 319 Å². The highest BCUT2D eigenvalue weighted by Crippen LogP contribution is 2.64. The van der Waals surface area contributed by atoms with Crippen molar-refractivity contribution in [1.82, 2.24) is 5.01 Å². The Balaban J connectivity index is 1.33. The average Bonchev–Trinajstić information content (AvgIpc) is 3.52. The first-order valence-corrected chi connectivity index (χ1v) is 18.6. The van der Waals surface area contributed by atoms with Gasteiger partial charge in [-0.15, -0.1) is 0 Å². The molecule has 6 atom stereocenters. The number of amides is 4. The van der Waals surface area contributed by atoms with Gasteiger partial charge >= 0.3 is 0 Å². The van der Waals surface area contributed by atoms with Crippen molar-refractivity contribution in [3.8, 4) is 11.5 Å². The number of allylic oxidation sites excluding steroid dienone is 2. The number of anilines is 2. The summed E-state index contributed by atoms with van der Waals surface area (Å²) in [5, 5.41) is 12.5. The number of halogens is 2. The van der Waals surface area contributed by atoms with Gasteiger partial charge in [0.2, 0.25) is 11.8 Å². The van der Waals surface area contributed by atoms with E-state index in [0.29, 0.717) is 31.1 Å². The summed E-state index contributed by atoms with van der Waals surface area (Å²) in [6.07, 6.45) is 2.46. The number of methoxy groups -OCH3 is 1. The molecule has 4 aromatic carbocycles. The van der Waals surface area contributed by atoms with Crippen molar-refractivity contribution >= 4 is 69.2 Å². The molecule has 2 N–H and O–H groups in total. The number of nitrogens with zero attached hydrogens (tertiary/aromatic N) is 2. The first-order chi connectivity index (χ1) is 25.0. The van der Waals surface area contributed by atoms with E-state index < -0.39 is 46.8 Å². The third kappa shape index (κ3) is 5.01. The van der Waals surface area contributed by atoms with Gasteiger partial charge in [-0.1, -0.05) is 77.3 Å². The van der Waals surface area contributed by atoms with Gasteiger partial charge in [0.25, 0.3) is 11.8 Å². The smallest absolute Gasteiger partial charge is 0.260 e. The summed E-state index contributed by atoms with van der Waals surface area (Å²) in [5.74, 6) is -4.92. The van der Waals surface area contributed by atoms with E-state index >= 15 is 4.79 Å². The van der Waals surface area contributed by atoms with Crippen LogP contribution in [0.3, 0.4) is 0 Å². The monoisotopic (exact) mass is 827 g/mol. The first kappa shape index (κ1) is 34.4. The fourth-order valence-corrected chi connectivity index (χ4v) is 9.81. The molecule has 4 amide bonds. The fourth-order valence-electron chi connectivity index (χ4n) is 9.01. The number of carbonyl (C=O) groups excluding carboxylic acids is 4. The van der Waals surface area contributed by atoms with Gasteiger partial charge < -0.3 is 9.84 Å². The second-order valence-corrected chi connectivity index (χ2v) is 15.7. The summed E-state index contributed by atoms with van der Waals surface area (Å²) in [5.41, 5.74) is 6.64. The predicted octanol–water partition coefficient (Wildman–Crippen LogP) is 7.47. The van der Waals surface area contributed by atoms with E-state index in [4.69, 9.17) is 16.3 Å². The van der Waals surface area contributed by atoms with Crippen LogP contribution in [-0.4, -0.2) is 40.9 Å². The molecular weight excluding hydrogens is 793 g/mol. The fraction of sp³-hybridized carbons (Fsp3) is 0.268. The van der Waals surface area contributed by atoms with Gasteiger partial charge in [-0.25, -0.2) is 4.90 Å². The van der Waals surface area contributed by atoms with Crippen molar-refractivity contribution in [1.29, 1.82) is 0 Å². The number of aromatic hydroxyl groups is 1. The molecule has 264 valence electrons. The molecule has 8 rings (SSSR count). The van der Waals surface area contributed by atoms with Crippen molar-refractivity contribution in [2.75, 3.05) is 17.4 Å². The second kappa shape index (κ2) is 12.8. The number of rotatable bonds is 6. The molecule has 3 fully saturated rings. The molecule has 0 bridgehead atoms. The Kier molecular flexibility index (Phi) is 8.45. The molecule has 2 aliphatic carbocycles. The van der Waals surface area contributed by atoms with Gasteiger partial charge in [-0.3, -0.25) is 24.6 Å². The SMILES string of the molecule is COc1cc(C2C3=CCC4C(=O)N(c5ccc(C)c(Cl)c5)C(=O)C4C3CC3C(=O)N(Nc4ccc(C)cc4)C(=O)C32c2ccccc2)cc(I)c1O. The van der Waals surface area contributed by atoms with Gasteiger partial charge in [-0.05, 0) is 108 Å². The van der Waals surface area contributed by atoms with E-state index in [1.165, 1.54) is 12.0 Å². The maximum atomic E-state index is 15.3. The Morgan fingerprint density at radius 1 is 0.904 bits per heavy atom. The van der Waals surface area contributed by atoms with E-state index in [9.17, 15) is 19.5 Å². The molecule has 52 heavy (non-hydrogen) atoms. The normalized spacial score (nSPS) is 26.6. The Bertz CT molecular complexity index is 2210. The van der Waals surface area contributed by atoms with Crippen molar-refractivity contribution in [3.05, 3.63) is 127 Å². The number of imide groups is 2. The van der Waals surface area contributed by atoms with Crippen LogP contribution < -0.4 is 15.1 Å². The average molecular weight is 828 g/mol. The van der Waals surface area contributed by atoms with Crippen LogP contribution in [0.15, 0.2) is 96.6 Å². The summed E-state index contributed by atoms with van der Waals surface area (Å²) in [6, 6.07) is 25.5. The van der Waals surface area contributed by atoms with Gasteiger partial charge in [0.05, 0.1) is 45.2 Å². The van der Waals surface area contributed by atoms with Crippen molar-refractivity contribution in [3.63, 3.8) is 0 Å². The third-order valence-corrected chi connectivity index (χ3v) is 12.6. The summed E-state index contributed by atoms with van der Waals surface area (Å²) in [6.45, 7) is 3.81. The molecule has 4 aromatic rings. The Morgan fingerprint density at radius 3 is 2.33 bits per heavy atom. The lowest BCUT2D eigenvalue weighted by molar-refractivity contribution is -0.138. The highest BCUT2D eigenvalue weighted by molar-refractivity contribution is 14.1. The number of nitrogens with one attached hydrogen (secondary N) is 1. The second-order valence-electron chi connectivity index (χ2n) is 14.1. The summed E-state index contributed by atoms with van der Waals surface area (Å²) in [4.78, 5) is 60.1. The molecule has 0 aromatic heterocycles. The number of hydrogen-bond donors (Lipinski definition) is 2. The summed E-state index contributed by atoms with van der Waals surface area (Å²) in [7, 11) is 1.46. The quantitative estimate of drug-likeness (QED) is 0.118. The third-order valence-electron chi connectivity index (χ3n) is 11.4. The highest BCUT2D eigenvalue weighted by Gasteiger charge is 2.70. The Morgan fingerprint density at radius 2 is 1.63 bits per heavy atom. The molecule has 6 unspecified atom stereocenters. The predicted molar refractivity (Wildman–Crippen MR) is 205 cm³/mol. The molecule has 9 nitrogen and oxygen atoms in total. The van der Waals surface area contributed by atoms with Crippen LogP contribution in [0.4, 0.5) is 11.4 Å². The van der Waals surface area contributed by atoms with Crippen molar-refractivity contribution < 1.29 is 29.0 Å². The maximum absolute atomic E-state index is 15.3. The minimum atomic E-state index is -1.44. The molecule has 11 heteroatoms. The van der Waals surface area contributed by atoms with Crippen LogP contribution >= 0.6 is 34.2 Å². The number of aryl methyl sites for hydroxylation is 2. The summed E-state index contributed by atoms with van der Waals surface area (Å²) < 4.78 is 6.12. The van der Waals surface area contributed by atoms with Crippen molar-refractivity contribution in [2.45, 2.75) is 38.0 Å². The van der Waals surface area contributed by atoms with Gasteiger partial charge in [-0.2, -0.15) is 5.01 Å². The lowest BCUT2D eigenvalue weighted by atomic mass is 9.49. The van der Waals surface area contributed by atoms with Crippen LogP contribution in [0.25, 0.3) is 0 Å². The molecular formula is C41H35ClIN3O6. The number of hydrazine groups is 1. The number of phenolic OH excluding ortho intramolecular Hbond substituents is 1. The maximum Gasteiger partial charge on any atom is 0.260 e. The van der Waals surface area contributed by atoms with Gasteiger partial charge in [0.1, 0.15) is 0 Å². The molecule has 4 aliphatic rings. The molecule has 2 saturated heterocycles. The van der Waals surface area contributed by atoms with Crippen LogP contribution in [0.5, 0.6) is 11.5 Å². The lowest BCUT2D eigenvalue weighted by Crippen LogP contribution is -2.53. The van der Waals surface area contributed by atoms with Gasteiger partial charge in [0.15, 0.2) is 11.5 Å². The number of phenols is 1. The number of fused-ring (bicyclic) bond motifs is 4. The van der Waals surface area contributed by atoms with Gasteiger partial charge in [0, 0.05) is 10.9 Å². The minimum absolute atomic E-state index is 0.0392. The van der Waals surface area contributed by atoms with E-state index in [0.717, 1.165) is 21.7 Å². The lowest BCUT2D eigenvalue weighted by Gasteiger charge is -2.50. The Hall–Kier alpha value is -4.68. The largest absolute Gasteiger partial charge is 0.504 e. The standard InChI is InChI=1S/C41H35ClIN3O6/c1-21-9-12-25(13-10-21)44-46-38(49)30-20-29-27(15-16-28-34(29)39(50)45(37(28)48)26-14-11-22(2)31(42)19-26)35(23-17-32(43)36(47)33(18-23)52-3)41(30,40(46)51)24-7-5-4-6-8-24/h4-15,17-19,28-30,34-35,44,47H,16,20H2,1-3H3. The molecule has 2 heterocycles. The molecule has 2 aliphatic heterocycles. The van der Waals surface area contributed by atoms with Crippen LogP contribution in [0.2, 0.25) is 5.02 Å². The molecule has 0 spiro atoms. The molecule has 1 saturated carbocycles. The van der Waals surface area contributed by atoms with E-state index in [1.807, 2.05) is 103 Å². The highest BCUT2D eigenvalue weighted by atomic mass is 127. The molecule has 0 radical (unpaired) electrons. The minimum Gasteiger partial charge on any atom is -0.504 e. The zero-order chi connectivity index (χ0) is 36.6. The first-order valence-electron chi connectivity index (χ1n) is 17.1. The topological polar surface area (TPSA) is 116 Å². The number of carbonyl (C=O) groups is 4. The number of ether oxygens (including phenoxy) is 1. The van der Waals surface area contributed by atoms with Crippen LogP contribution in [0, 0.1) is 41.1 Å². The van der Waals surface area contributed by atoms with Crippen molar-refractivity contribution in [2.24, 2.45) is 23.7 Å². The summed E-state index contributed by atoms with van der Waals surface area (Å²) >= 11 is 8.50. The van der Waals surface area contributed by atoms with E-state index in [-0.39, 0.29) is 36.2 Å². The zero-order valence-corrected chi connectivity index (χ0v) is 31.5. The van der Waals surface area contributed by atoms with Crippen LogP contribution in [-0.2, 0) is 24.6 Å². The zero-order valence-electron chi connectivity index (χ0n) is 28.6.